The minimum absolute atomic E-state index is 0.00750. The predicted octanol–water partition coefficient (Wildman–Crippen LogP) is 5.94. The van der Waals surface area contributed by atoms with Crippen molar-refractivity contribution in [2.24, 2.45) is 0 Å². The first-order valence-corrected chi connectivity index (χ1v) is 14.9. The number of carbonyl (C=O) groups excluding carboxylic acids is 2. The Hall–Kier alpha value is -3.72. The molecule has 1 amide bonds. The van der Waals surface area contributed by atoms with E-state index in [9.17, 15) is 14.0 Å². The van der Waals surface area contributed by atoms with Crippen molar-refractivity contribution in [3.05, 3.63) is 88.8 Å². The monoisotopic (exact) mass is 576 g/mol. The number of fused-ring (bicyclic) bond motifs is 1. The molecule has 2 atom stereocenters. The molecule has 2 unspecified atom stereocenters. The fourth-order valence-electron chi connectivity index (χ4n) is 5.56. The predicted molar refractivity (Wildman–Crippen MR) is 158 cm³/mol. The fourth-order valence-corrected chi connectivity index (χ4v) is 5.56. The molecule has 9 heteroatoms. The molecule has 42 heavy (non-hydrogen) atoms. The van der Waals surface area contributed by atoms with Crippen LogP contribution in [0.3, 0.4) is 0 Å². The SMILES string of the molecule is CCOC(=O)c1ccc(CCCN2CCn3cc(CN(C(=O)OC(C)(C)C)C4CC4c4ccc(F)cc4)nc3C2)cc1. The van der Waals surface area contributed by atoms with Crippen LogP contribution in [0.1, 0.15) is 79.5 Å². The van der Waals surface area contributed by atoms with E-state index in [1.54, 1.807) is 24.0 Å². The largest absolute Gasteiger partial charge is 0.462 e. The Morgan fingerprint density at radius 2 is 1.81 bits per heavy atom. The highest BCUT2D eigenvalue weighted by atomic mass is 19.1. The second kappa shape index (κ2) is 12.7. The molecule has 8 nitrogen and oxygen atoms in total. The van der Waals surface area contributed by atoms with Crippen LogP contribution in [0.5, 0.6) is 0 Å². The van der Waals surface area contributed by atoms with Crippen molar-refractivity contribution in [1.29, 1.82) is 0 Å². The number of nitrogens with zero attached hydrogens (tertiary/aromatic N) is 4. The molecule has 2 aromatic carbocycles. The van der Waals surface area contributed by atoms with Gasteiger partial charge in [0.2, 0.25) is 0 Å². The summed E-state index contributed by atoms with van der Waals surface area (Å²) in [5.41, 5.74) is 3.06. The Bertz CT molecular complexity index is 1380. The molecule has 1 aliphatic heterocycles. The lowest BCUT2D eigenvalue weighted by Crippen LogP contribution is -2.38. The smallest absolute Gasteiger partial charge is 0.410 e. The molecule has 2 heterocycles. The van der Waals surface area contributed by atoms with E-state index in [-0.39, 0.29) is 29.8 Å². The number of aryl methyl sites for hydroxylation is 1. The van der Waals surface area contributed by atoms with Crippen LogP contribution < -0.4 is 0 Å². The van der Waals surface area contributed by atoms with E-state index in [0.29, 0.717) is 18.7 Å². The Morgan fingerprint density at radius 1 is 1.07 bits per heavy atom. The zero-order valence-electron chi connectivity index (χ0n) is 25.0. The Kier molecular flexibility index (Phi) is 8.96. The van der Waals surface area contributed by atoms with Crippen molar-refractivity contribution in [3.63, 3.8) is 0 Å². The van der Waals surface area contributed by atoms with Gasteiger partial charge in [0.05, 0.1) is 31.0 Å². The summed E-state index contributed by atoms with van der Waals surface area (Å²) in [5.74, 6) is 0.617. The van der Waals surface area contributed by atoms with Crippen molar-refractivity contribution in [1.82, 2.24) is 19.4 Å². The Balaban J connectivity index is 1.17. The van der Waals surface area contributed by atoms with E-state index in [0.717, 1.165) is 62.5 Å². The summed E-state index contributed by atoms with van der Waals surface area (Å²) in [7, 11) is 0. The molecule has 0 N–H and O–H groups in total. The van der Waals surface area contributed by atoms with Gasteiger partial charge in [-0.15, -0.1) is 0 Å². The summed E-state index contributed by atoms with van der Waals surface area (Å²) >= 11 is 0. The molecule has 1 aliphatic carbocycles. The second-order valence-corrected chi connectivity index (χ2v) is 12.2. The van der Waals surface area contributed by atoms with E-state index in [2.05, 4.69) is 15.7 Å². The Morgan fingerprint density at radius 3 is 2.50 bits per heavy atom. The van der Waals surface area contributed by atoms with Gasteiger partial charge in [-0.1, -0.05) is 24.3 Å². The van der Waals surface area contributed by atoms with Crippen LogP contribution in [0.2, 0.25) is 0 Å². The number of imidazole rings is 1. The summed E-state index contributed by atoms with van der Waals surface area (Å²) < 4.78 is 26.5. The quantitative estimate of drug-likeness (QED) is 0.278. The highest BCUT2D eigenvalue weighted by Crippen LogP contribution is 2.45. The maximum atomic E-state index is 13.5. The highest BCUT2D eigenvalue weighted by molar-refractivity contribution is 5.89. The van der Waals surface area contributed by atoms with Crippen LogP contribution in [0.15, 0.2) is 54.7 Å². The van der Waals surface area contributed by atoms with Crippen molar-refractivity contribution in [3.8, 4) is 0 Å². The summed E-state index contributed by atoms with van der Waals surface area (Å²) in [4.78, 5) is 34.3. The molecule has 1 saturated carbocycles. The van der Waals surface area contributed by atoms with Gasteiger partial charge in [0, 0.05) is 31.2 Å². The van der Waals surface area contributed by atoms with Gasteiger partial charge in [-0.2, -0.15) is 0 Å². The van der Waals surface area contributed by atoms with Crippen LogP contribution in [0.4, 0.5) is 9.18 Å². The number of amides is 1. The van der Waals surface area contributed by atoms with Crippen LogP contribution >= 0.6 is 0 Å². The maximum Gasteiger partial charge on any atom is 0.410 e. The first-order valence-electron chi connectivity index (χ1n) is 14.9. The molecule has 0 radical (unpaired) electrons. The van der Waals surface area contributed by atoms with Gasteiger partial charge in [0.15, 0.2) is 0 Å². The fraction of sp³-hybridized carbons (Fsp3) is 0.485. The van der Waals surface area contributed by atoms with Gasteiger partial charge >= 0.3 is 12.1 Å². The van der Waals surface area contributed by atoms with Gasteiger partial charge in [0.25, 0.3) is 0 Å². The van der Waals surface area contributed by atoms with Crippen molar-refractivity contribution < 1.29 is 23.5 Å². The van der Waals surface area contributed by atoms with E-state index in [1.807, 2.05) is 45.0 Å². The Labute approximate surface area is 247 Å². The minimum Gasteiger partial charge on any atom is -0.462 e. The molecule has 5 rings (SSSR count). The molecule has 0 bridgehead atoms. The molecular formula is C33H41FN4O4. The summed E-state index contributed by atoms with van der Waals surface area (Å²) in [6, 6.07) is 14.2. The third-order valence-corrected chi connectivity index (χ3v) is 7.75. The van der Waals surface area contributed by atoms with Crippen LogP contribution in [-0.2, 0) is 35.5 Å². The van der Waals surface area contributed by atoms with Gasteiger partial charge in [0.1, 0.15) is 17.2 Å². The van der Waals surface area contributed by atoms with E-state index < -0.39 is 5.60 Å². The zero-order chi connectivity index (χ0) is 29.9. The molecule has 1 aromatic heterocycles. The van der Waals surface area contributed by atoms with Gasteiger partial charge < -0.3 is 14.0 Å². The standard InChI is InChI=1S/C33H41FN4O4/c1-5-41-31(39)25-10-8-23(9-11-25)7-6-16-36-17-18-37-20-27(35-30(37)22-36)21-38(32(40)42-33(2,3)4)29-19-28(29)24-12-14-26(34)15-13-24/h8-15,20,28-29H,5-7,16-19,21-22H2,1-4H3. The van der Waals surface area contributed by atoms with Gasteiger partial charge in [-0.05, 0) is 88.9 Å². The number of ether oxygens (including phenoxy) is 2. The first kappa shape index (κ1) is 29.8. The van der Waals surface area contributed by atoms with Crippen LogP contribution in [0.25, 0.3) is 0 Å². The number of aromatic nitrogens is 2. The number of esters is 1. The van der Waals surface area contributed by atoms with Crippen molar-refractivity contribution in [2.75, 3.05) is 19.7 Å². The number of benzene rings is 2. The van der Waals surface area contributed by atoms with E-state index in [1.165, 1.54) is 17.7 Å². The first-order chi connectivity index (χ1) is 20.1. The van der Waals surface area contributed by atoms with Crippen LogP contribution in [0, 0.1) is 5.82 Å². The molecule has 1 fully saturated rings. The molecule has 2 aliphatic rings. The lowest BCUT2D eigenvalue weighted by atomic mass is 10.1. The normalized spacial score (nSPS) is 18.3. The third kappa shape index (κ3) is 7.56. The van der Waals surface area contributed by atoms with Crippen molar-refractivity contribution in [2.45, 2.75) is 84.2 Å². The van der Waals surface area contributed by atoms with Crippen LogP contribution in [-0.4, -0.2) is 62.8 Å². The summed E-state index contributed by atoms with van der Waals surface area (Å²) in [5, 5.41) is 0. The summed E-state index contributed by atoms with van der Waals surface area (Å²) in [6.45, 7) is 11.7. The molecular weight excluding hydrogens is 535 g/mol. The summed E-state index contributed by atoms with van der Waals surface area (Å²) in [6.07, 6.45) is 4.47. The van der Waals surface area contributed by atoms with Gasteiger partial charge in [-0.3, -0.25) is 9.80 Å². The number of hydrogen-bond donors (Lipinski definition) is 0. The van der Waals surface area contributed by atoms with Crippen molar-refractivity contribution >= 4 is 12.1 Å². The average Bonchev–Trinajstić information content (AvgIpc) is 3.62. The van der Waals surface area contributed by atoms with E-state index in [4.69, 9.17) is 14.5 Å². The van der Waals surface area contributed by atoms with E-state index >= 15 is 0 Å². The average molecular weight is 577 g/mol. The number of rotatable bonds is 10. The zero-order valence-corrected chi connectivity index (χ0v) is 25.0. The van der Waals surface area contributed by atoms with Gasteiger partial charge in [-0.25, -0.2) is 19.0 Å². The molecule has 224 valence electrons. The molecule has 3 aromatic rings. The molecule has 0 spiro atoms. The molecule has 0 saturated heterocycles. The lowest BCUT2D eigenvalue weighted by Gasteiger charge is -2.27. The second-order valence-electron chi connectivity index (χ2n) is 12.2. The topological polar surface area (TPSA) is 76.9 Å². The highest BCUT2D eigenvalue weighted by Gasteiger charge is 2.46. The number of carbonyl (C=O) groups is 2. The number of hydrogen-bond acceptors (Lipinski definition) is 6. The number of halogens is 1. The third-order valence-electron chi connectivity index (χ3n) is 7.75. The minimum atomic E-state index is -0.605. The lowest BCUT2D eigenvalue weighted by molar-refractivity contribution is 0.0210. The maximum absolute atomic E-state index is 13.5.